The van der Waals surface area contributed by atoms with Crippen molar-refractivity contribution < 1.29 is 19.1 Å². The van der Waals surface area contributed by atoms with Crippen LogP contribution in [0.3, 0.4) is 0 Å². The first-order valence-corrected chi connectivity index (χ1v) is 11.6. The van der Waals surface area contributed by atoms with Gasteiger partial charge in [0.05, 0.1) is 29.6 Å². The van der Waals surface area contributed by atoms with Crippen molar-refractivity contribution in [3.63, 3.8) is 0 Å². The minimum atomic E-state index is -0.672. The van der Waals surface area contributed by atoms with Crippen molar-refractivity contribution in [3.05, 3.63) is 98.8 Å². The van der Waals surface area contributed by atoms with Gasteiger partial charge in [-0.1, -0.05) is 64.5 Å². The van der Waals surface area contributed by atoms with Crippen LogP contribution in [0, 0.1) is 11.3 Å². The van der Waals surface area contributed by atoms with Gasteiger partial charge in [-0.15, -0.1) is 0 Å². The Morgan fingerprint density at radius 2 is 1.62 bits per heavy atom. The van der Waals surface area contributed by atoms with Crippen molar-refractivity contribution in [3.8, 4) is 6.07 Å². The second-order valence-corrected chi connectivity index (χ2v) is 8.56. The first kappa shape index (κ1) is 25.0. The number of nitrogens with one attached hydrogen (secondary N) is 1. The Hall–Kier alpha value is -3.63. The predicted octanol–water partition coefficient (Wildman–Crippen LogP) is 5.40. The molecule has 1 aliphatic heterocycles. The van der Waals surface area contributed by atoms with E-state index in [1.165, 1.54) is 0 Å². The fourth-order valence-corrected chi connectivity index (χ4v) is 4.01. The Bertz CT molecular complexity index is 1180. The number of ether oxygens (including phenoxy) is 2. The Morgan fingerprint density at radius 3 is 2.24 bits per heavy atom. The number of allylic oxidation sites excluding steroid dienone is 2. The molecule has 1 atom stereocenters. The quantitative estimate of drug-likeness (QED) is 0.370. The number of nitriles is 1. The Morgan fingerprint density at radius 1 is 1.00 bits per heavy atom. The van der Waals surface area contributed by atoms with E-state index < -0.39 is 17.9 Å². The van der Waals surface area contributed by atoms with Gasteiger partial charge in [-0.05, 0) is 43.2 Å². The average Bonchev–Trinajstić information content (AvgIpc) is 2.82. The van der Waals surface area contributed by atoms with Gasteiger partial charge >= 0.3 is 11.9 Å². The average molecular weight is 521 g/mol. The molecular weight excluding hydrogens is 496 g/mol. The van der Waals surface area contributed by atoms with Crippen molar-refractivity contribution in [1.82, 2.24) is 5.32 Å². The summed E-state index contributed by atoms with van der Waals surface area (Å²) in [6.45, 7) is 3.61. The topological polar surface area (TPSA) is 88.4 Å². The van der Waals surface area contributed by atoms with Gasteiger partial charge in [0.25, 0.3) is 0 Å². The molecule has 2 aromatic carbocycles. The molecule has 1 unspecified atom stereocenters. The van der Waals surface area contributed by atoms with Gasteiger partial charge in [-0.2, -0.15) is 5.26 Å². The number of halogens is 1. The van der Waals surface area contributed by atoms with Crippen molar-refractivity contribution in [1.29, 1.82) is 5.26 Å². The van der Waals surface area contributed by atoms with Crippen LogP contribution in [-0.4, -0.2) is 25.2 Å². The van der Waals surface area contributed by atoms with E-state index in [1.807, 2.05) is 66.7 Å². The zero-order valence-corrected chi connectivity index (χ0v) is 20.6. The molecule has 174 valence electrons. The van der Waals surface area contributed by atoms with Crippen LogP contribution in [0.5, 0.6) is 0 Å². The summed E-state index contributed by atoms with van der Waals surface area (Å²) in [5, 5.41) is 11.9. The molecular formula is C27H25BrN2O4. The molecule has 7 heteroatoms. The Labute approximate surface area is 207 Å². The van der Waals surface area contributed by atoms with Crippen molar-refractivity contribution in [2.24, 2.45) is 0 Å². The lowest BCUT2D eigenvalue weighted by Gasteiger charge is -2.30. The SMILES string of the molecule is CC1=C(C(=O)OC/C=C/c2ccccc2)C(c2ccc(Br)cc2)C(C(=O)OCCC#N)=C(C)N1. The second kappa shape index (κ2) is 12.0. The molecule has 1 aliphatic rings. The fraction of sp³-hybridized carbons (Fsp3) is 0.222. The summed E-state index contributed by atoms with van der Waals surface area (Å²) in [5.74, 6) is -1.77. The molecule has 0 fully saturated rings. The molecule has 0 aliphatic carbocycles. The summed E-state index contributed by atoms with van der Waals surface area (Å²) in [6.07, 6.45) is 3.74. The second-order valence-electron chi connectivity index (χ2n) is 7.64. The molecule has 0 aromatic heterocycles. The summed E-state index contributed by atoms with van der Waals surface area (Å²) in [5.41, 5.74) is 3.61. The van der Waals surface area contributed by atoms with E-state index in [2.05, 4.69) is 21.2 Å². The molecule has 0 spiro atoms. The Balaban J connectivity index is 1.88. The maximum Gasteiger partial charge on any atom is 0.337 e. The number of carbonyl (C=O) groups excluding carboxylic acids is 2. The highest BCUT2D eigenvalue weighted by Crippen LogP contribution is 2.39. The van der Waals surface area contributed by atoms with Crippen molar-refractivity contribution in [2.75, 3.05) is 13.2 Å². The molecule has 3 rings (SSSR count). The summed E-state index contributed by atoms with van der Waals surface area (Å²) >= 11 is 3.43. The summed E-state index contributed by atoms with van der Waals surface area (Å²) in [4.78, 5) is 26.2. The molecule has 1 N–H and O–H groups in total. The number of carbonyl (C=O) groups is 2. The van der Waals surface area contributed by atoms with Gasteiger partial charge in [-0.25, -0.2) is 9.59 Å². The van der Waals surface area contributed by atoms with Crippen molar-refractivity contribution in [2.45, 2.75) is 26.2 Å². The lowest BCUT2D eigenvalue weighted by molar-refractivity contribution is -0.139. The molecule has 1 heterocycles. The van der Waals surface area contributed by atoms with Crippen LogP contribution in [0.4, 0.5) is 0 Å². The predicted molar refractivity (Wildman–Crippen MR) is 133 cm³/mol. The molecule has 0 bridgehead atoms. The number of rotatable bonds is 8. The number of dihydropyridines is 1. The normalized spacial score (nSPS) is 15.6. The van der Waals surface area contributed by atoms with E-state index >= 15 is 0 Å². The summed E-state index contributed by atoms with van der Waals surface area (Å²) in [6, 6.07) is 19.1. The lowest BCUT2D eigenvalue weighted by atomic mass is 9.80. The number of hydrogen-bond acceptors (Lipinski definition) is 6. The van der Waals surface area contributed by atoms with Gasteiger partial charge in [0.1, 0.15) is 13.2 Å². The van der Waals surface area contributed by atoms with Crippen LogP contribution in [-0.2, 0) is 19.1 Å². The molecule has 6 nitrogen and oxygen atoms in total. The Kier molecular flexibility index (Phi) is 8.83. The van der Waals surface area contributed by atoms with Crippen LogP contribution in [0.15, 0.2) is 87.7 Å². The van der Waals surface area contributed by atoms with Crippen LogP contribution in [0.2, 0.25) is 0 Å². The standard InChI is InChI=1S/C27H25BrN2O4/c1-18-23(26(31)33-16-6-10-20-8-4-3-5-9-20)25(21-11-13-22(28)14-12-21)24(19(2)30-18)27(32)34-17-7-15-29/h3-6,8-14,25,30H,7,16-17H2,1-2H3/b10-6+. The van der Waals surface area contributed by atoms with E-state index in [0.29, 0.717) is 22.5 Å². The number of hydrogen-bond donors (Lipinski definition) is 1. The van der Waals surface area contributed by atoms with E-state index in [0.717, 1.165) is 15.6 Å². The monoisotopic (exact) mass is 520 g/mol. The fourth-order valence-electron chi connectivity index (χ4n) is 3.74. The zero-order chi connectivity index (χ0) is 24.5. The van der Waals surface area contributed by atoms with Gasteiger partial charge in [-0.3, -0.25) is 0 Å². The minimum Gasteiger partial charge on any atom is -0.461 e. The maximum absolute atomic E-state index is 13.2. The van der Waals surface area contributed by atoms with Gasteiger partial charge < -0.3 is 14.8 Å². The zero-order valence-electron chi connectivity index (χ0n) is 19.0. The number of esters is 2. The maximum atomic E-state index is 13.2. The largest absolute Gasteiger partial charge is 0.461 e. The third-order valence-electron chi connectivity index (χ3n) is 5.27. The van der Waals surface area contributed by atoms with E-state index in [1.54, 1.807) is 19.9 Å². The number of nitrogens with zero attached hydrogens (tertiary/aromatic N) is 1. The number of benzene rings is 2. The third-order valence-corrected chi connectivity index (χ3v) is 5.80. The van der Waals surface area contributed by atoms with Gasteiger partial charge in [0.2, 0.25) is 0 Å². The smallest absolute Gasteiger partial charge is 0.337 e. The van der Waals surface area contributed by atoms with Gasteiger partial charge in [0, 0.05) is 15.9 Å². The van der Waals surface area contributed by atoms with Crippen LogP contribution in [0.1, 0.15) is 37.3 Å². The van der Waals surface area contributed by atoms with E-state index in [4.69, 9.17) is 14.7 Å². The summed E-state index contributed by atoms with van der Waals surface area (Å²) in [7, 11) is 0. The highest BCUT2D eigenvalue weighted by atomic mass is 79.9. The van der Waals surface area contributed by atoms with Crippen LogP contribution < -0.4 is 5.32 Å². The van der Waals surface area contributed by atoms with Crippen LogP contribution >= 0.6 is 15.9 Å². The molecule has 0 radical (unpaired) electrons. The minimum absolute atomic E-state index is 0.0219. The van der Waals surface area contributed by atoms with Crippen LogP contribution in [0.25, 0.3) is 6.08 Å². The summed E-state index contributed by atoms with van der Waals surface area (Å²) < 4.78 is 11.8. The highest BCUT2D eigenvalue weighted by Gasteiger charge is 2.37. The van der Waals surface area contributed by atoms with E-state index in [-0.39, 0.29) is 19.6 Å². The van der Waals surface area contributed by atoms with Crippen molar-refractivity contribution >= 4 is 33.9 Å². The molecule has 0 saturated carbocycles. The van der Waals surface area contributed by atoms with E-state index in [9.17, 15) is 9.59 Å². The highest BCUT2D eigenvalue weighted by molar-refractivity contribution is 9.10. The first-order chi connectivity index (χ1) is 16.4. The molecule has 2 aromatic rings. The first-order valence-electron chi connectivity index (χ1n) is 10.8. The molecule has 34 heavy (non-hydrogen) atoms. The lowest BCUT2D eigenvalue weighted by Crippen LogP contribution is -2.32. The van der Waals surface area contributed by atoms with Gasteiger partial charge in [0.15, 0.2) is 0 Å². The molecule has 0 saturated heterocycles. The third kappa shape index (κ3) is 6.24. The molecule has 0 amide bonds.